The first kappa shape index (κ1) is 15.5. The molecule has 3 heteroatoms. The molecule has 0 heterocycles. The monoisotopic (exact) mass is 272 g/mol. The number of hydrogen-bond acceptors (Lipinski definition) is 1. The molecule has 0 aromatic heterocycles. The summed E-state index contributed by atoms with van der Waals surface area (Å²) in [5.74, 6) is -0.335. The number of aliphatic hydroxyl groups excluding tert-OH is 1. The van der Waals surface area contributed by atoms with Gasteiger partial charge in [0, 0.05) is 5.02 Å². The van der Waals surface area contributed by atoms with Crippen molar-refractivity contribution in [2.75, 3.05) is 0 Å². The Kier molecular flexibility index (Phi) is 7.29. The molecule has 1 N–H and O–H groups in total. The maximum absolute atomic E-state index is 12.9. The standard InChI is InChI=1S/C15H22ClFO/c1-2-3-4-5-6-7-14(18)10-12-8-9-13(17)11-15(12)16/h8-9,11,14,18H,2-7,10H2,1H3. The minimum atomic E-state index is -0.380. The zero-order valence-corrected chi connectivity index (χ0v) is 11.7. The summed E-state index contributed by atoms with van der Waals surface area (Å²) in [4.78, 5) is 0. The number of aliphatic hydroxyl groups is 1. The third kappa shape index (κ3) is 5.83. The van der Waals surface area contributed by atoms with E-state index in [1.165, 1.54) is 37.8 Å². The minimum Gasteiger partial charge on any atom is -0.393 e. The van der Waals surface area contributed by atoms with E-state index in [1.807, 2.05) is 0 Å². The van der Waals surface area contributed by atoms with Crippen LogP contribution in [0, 0.1) is 5.82 Å². The lowest BCUT2D eigenvalue weighted by Crippen LogP contribution is -2.10. The average Bonchev–Trinajstić information content (AvgIpc) is 2.32. The summed E-state index contributed by atoms with van der Waals surface area (Å²) >= 11 is 5.93. The van der Waals surface area contributed by atoms with E-state index in [2.05, 4.69) is 6.92 Å². The van der Waals surface area contributed by atoms with Crippen molar-refractivity contribution < 1.29 is 9.50 Å². The third-order valence-electron chi connectivity index (χ3n) is 3.11. The van der Waals surface area contributed by atoms with Gasteiger partial charge in [-0.25, -0.2) is 4.39 Å². The first-order valence-corrected chi connectivity index (χ1v) is 7.13. The zero-order valence-electron chi connectivity index (χ0n) is 11.0. The minimum absolute atomic E-state index is 0.335. The summed E-state index contributed by atoms with van der Waals surface area (Å²) < 4.78 is 12.9. The Hall–Kier alpha value is -0.600. The molecule has 1 rings (SSSR count). The van der Waals surface area contributed by atoms with Gasteiger partial charge in [0.1, 0.15) is 5.82 Å². The highest BCUT2D eigenvalue weighted by Crippen LogP contribution is 2.20. The van der Waals surface area contributed by atoms with Crippen molar-refractivity contribution in [2.24, 2.45) is 0 Å². The van der Waals surface area contributed by atoms with Crippen molar-refractivity contribution in [2.45, 2.75) is 58.0 Å². The molecule has 1 aromatic carbocycles. The summed E-state index contributed by atoms with van der Waals surface area (Å²) in [7, 11) is 0. The lowest BCUT2D eigenvalue weighted by molar-refractivity contribution is 0.161. The quantitative estimate of drug-likeness (QED) is 0.678. The molecule has 102 valence electrons. The van der Waals surface area contributed by atoms with Crippen LogP contribution in [0.1, 0.15) is 51.0 Å². The molecule has 1 aromatic rings. The second-order valence-electron chi connectivity index (χ2n) is 4.80. The van der Waals surface area contributed by atoms with E-state index < -0.39 is 0 Å². The van der Waals surface area contributed by atoms with Crippen LogP contribution in [-0.4, -0.2) is 11.2 Å². The normalized spacial score (nSPS) is 12.7. The van der Waals surface area contributed by atoms with Crippen LogP contribution in [0.4, 0.5) is 4.39 Å². The van der Waals surface area contributed by atoms with Crippen LogP contribution < -0.4 is 0 Å². The highest BCUT2D eigenvalue weighted by atomic mass is 35.5. The average molecular weight is 273 g/mol. The molecule has 0 radical (unpaired) electrons. The zero-order chi connectivity index (χ0) is 13.4. The predicted molar refractivity (Wildman–Crippen MR) is 74.5 cm³/mol. The molecule has 0 fully saturated rings. The van der Waals surface area contributed by atoms with E-state index >= 15 is 0 Å². The fourth-order valence-corrected chi connectivity index (χ4v) is 2.27. The highest BCUT2D eigenvalue weighted by molar-refractivity contribution is 6.31. The van der Waals surface area contributed by atoms with E-state index in [0.717, 1.165) is 18.4 Å². The van der Waals surface area contributed by atoms with Crippen molar-refractivity contribution in [1.82, 2.24) is 0 Å². The van der Waals surface area contributed by atoms with Crippen molar-refractivity contribution >= 4 is 11.6 Å². The molecule has 0 aliphatic carbocycles. The van der Waals surface area contributed by atoms with E-state index in [1.54, 1.807) is 6.07 Å². The van der Waals surface area contributed by atoms with Crippen LogP contribution in [0.15, 0.2) is 18.2 Å². The number of halogens is 2. The van der Waals surface area contributed by atoms with E-state index in [0.29, 0.717) is 11.4 Å². The first-order chi connectivity index (χ1) is 8.63. The topological polar surface area (TPSA) is 20.2 Å². The van der Waals surface area contributed by atoms with Gasteiger partial charge < -0.3 is 5.11 Å². The highest BCUT2D eigenvalue weighted by Gasteiger charge is 2.09. The number of benzene rings is 1. The Morgan fingerprint density at radius 3 is 2.61 bits per heavy atom. The molecule has 1 unspecified atom stereocenters. The molecule has 0 saturated carbocycles. The van der Waals surface area contributed by atoms with E-state index in [-0.39, 0.29) is 11.9 Å². The predicted octanol–water partition coefficient (Wildman–Crippen LogP) is 4.74. The number of unbranched alkanes of at least 4 members (excludes halogenated alkanes) is 4. The number of rotatable bonds is 8. The molecule has 0 aliphatic heterocycles. The Morgan fingerprint density at radius 2 is 1.94 bits per heavy atom. The van der Waals surface area contributed by atoms with Gasteiger partial charge in [-0.05, 0) is 30.5 Å². The van der Waals surface area contributed by atoms with Gasteiger partial charge in [-0.3, -0.25) is 0 Å². The Bertz CT molecular complexity index is 354. The van der Waals surface area contributed by atoms with Crippen molar-refractivity contribution in [3.63, 3.8) is 0 Å². The molecular weight excluding hydrogens is 251 g/mol. The van der Waals surface area contributed by atoms with E-state index in [4.69, 9.17) is 11.6 Å². The number of hydrogen-bond donors (Lipinski definition) is 1. The van der Waals surface area contributed by atoms with Gasteiger partial charge in [-0.2, -0.15) is 0 Å². The van der Waals surface area contributed by atoms with Gasteiger partial charge >= 0.3 is 0 Å². The molecule has 1 atom stereocenters. The molecule has 1 nitrogen and oxygen atoms in total. The van der Waals surface area contributed by atoms with Crippen LogP contribution in [0.5, 0.6) is 0 Å². The Morgan fingerprint density at radius 1 is 1.22 bits per heavy atom. The summed E-state index contributed by atoms with van der Waals surface area (Å²) in [6, 6.07) is 4.33. The van der Waals surface area contributed by atoms with Gasteiger partial charge in [0.2, 0.25) is 0 Å². The lowest BCUT2D eigenvalue weighted by Gasteiger charge is -2.11. The molecule has 0 saturated heterocycles. The summed E-state index contributed by atoms with van der Waals surface area (Å²) in [6.45, 7) is 2.19. The lowest BCUT2D eigenvalue weighted by atomic mass is 10.0. The second-order valence-corrected chi connectivity index (χ2v) is 5.20. The third-order valence-corrected chi connectivity index (χ3v) is 3.46. The van der Waals surface area contributed by atoms with Crippen molar-refractivity contribution in [3.05, 3.63) is 34.6 Å². The van der Waals surface area contributed by atoms with Gasteiger partial charge in [-0.1, -0.05) is 56.7 Å². The summed E-state index contributed by atoms with van der Waals surface area (Å²) in [5.41, 5.74) is 0.819. The maximum atomic E-state index is 12.9. The smallest absolute Gasteiger partial charge is 0.124 e. The van der Waals surface area contributed by atoms with Gasteiger partial charge in [0.15, 0.2) is 0 Å². The fourth-order valence-electron chi connectivity index (χ4n) is 2.03. The van der Waals surface area contributed by atoms with Crippen LogP contribution in [0.25, 0.3) is 0 Å². The van der Waals surface area contributed by atoms with Crippen LogP contribution in [0.3, 0.4) is 0 Å². The van der Waals surface area contributed by atoms with Gasteiger partial charge in [0.25, 0.3) is 0 Å². The summed E-state index contributed by atoms with van der Waals surface area (Å²) in [6.07, 6.45) is 6.86. The van der Waals surface area contributed by atoms with Crippen LogP contribution in [-0.2, 0) is 6.42 Å². The fraction of sp³-hybridized carbons (Fsp3) is 0.600. The van der Waals surface area contributed by atoms with Gasteiger partial charge in [-0.15, -0.1) is 0 Å². The molecule has 0 bridgehead atoms. The van der Waals surface area contributed by atoms with Crippen LogP contribution >= 0.6 is 11.6 Å². The maximum Gasteiger partial charge on any atom is 0.124 e. The Labute approximate surface area is 114 Å². The van der Waals surface area contributed by atoms with Gasteiger partial charge in [0.05, 0.1) is 6.10 Å². The SMILES string of the molecule is CCCCCCCC(O)Cc1ccc(F)cc1Cl. The van der Waals surface area contributed by atoms with Crippen molar-refractivity contribution in [3.8, 4) is 0 Å². The van der Waals surface area contributed by atoms with E-state index in [9.17, 15) is 9.50 Å². The Balaban J connectivity index is 2.28. The van der Waals surface area contributed by atoms with Crippen LogP contribution in [0.2, 0.25) is 5.02 Å². The summed E-state index contributed by atoms with van der Waals surface area (Å²) in [5, 5.41) is 10.3. The second kappa shape index (κ2) is 8.49. The van der Waals surface area contributed by atoms with Crippen molar-refractivity contribution in [1.29, 1.82) is 0 Å². The molecule has 0 aliphatic rings. The largest absolute Gasteiger partial charge is 0.393 e. The molecular formula is C15H22ClFO. The molecule has 0 amide bonds. The molecule has 18 heavy (non-hydrogen) atoms. The molecule has 0 spiro atoms. The first-order valence-electron chi connectivity index (χ1n) is 6.75.